The van der Waals surface area contributed by atoms with Gasteiger partial charge in [0.1, 0.15) is 30.5 Å². The summed E-state index contributed by atoms with van der Waals surface area (Å²) in [5.41, 5.74) is 1.21. The standard InChI is InChI=1S/C35H52O14.C25H38O5.C6H8O4.C4H4O4/c1-8-35(6,7)34(44)49-27-14-19(2)13-23-10-9-20(3)26(31(23)27)12-11-25(15-24(37)16-28(38)39)48-30(41)18-45-29(40)17-46-33(43)22(5)47-32(42)21(4)36;1-6-25(4,5)24(28)30-21-12-15(2)11-17-8-7-16(3)20(23(17)21)10-9-19-13-18(26)14-22(27)29-19;1-3-5(7)10-4(2)6(8)9-3;5-3-1-7-4(6)2-8-3/h9-10,13,19-22,24-27,31,36-37H,8,11-12,14-18H2,1-7H3,(H,38,39);7-8,11,15-16,18-21,23,26H,6,9-10,12-14H2,1-5H3;3-4H,1-2H3;1-2H2. The molecule has 0 saturated carbocycles. The number of carbonyl (C=O) groups is 12. The van der Waals surface area contributed by atoms with Crippen molar-refractivity contribution in [3.63, 3.8) is 0 Å². The molecule has 7 aliphatic rings. The second-order valence-electron chi connectivity index (χ2n) is 27.4. The molecule has 7 rings (SSSR count). The molecular weight excluding hydrogens is 1270 g/mol. The number of esters is 11. The smallest absolute Gasteiger partial charge is 0.347 e. The second-order valence-corrected chi connectivity index (χ2v) is 27.4. The molecular formula is C70H102O27. The molecule has 3 heterocycles. The molecule has 0 radical (unpaired) electrons. The summed E-state index contributed by atoms with van der Waals surface area (Å²) in [5.74, 6) is -6.73. The van der Waals surface area contributed by atoms with Gasteiger partial charge in [0.05, 0.1) is 35.9 Å². The van der Waals surface area contributed by atoms with E-state index >= 15 is 0 Å². The minimum Gasteiger partial charge on any atom is -0.481 e. The van der Waals surface area contributed by atoms with E-state index in [1.165, 1.54) is 26.3 Å². The van der Waals surface area contributed by atoms with Crippen LogP contribution >= 0.6 is 0 Å². The van der Waals surface area contributed by atoms with Crippen LogP contribution in [0.5, 0.6) is 0 Å². The quantitative estimate of drug-likeness (QED) is 0.0584. The number of aliphatic hydroxyl groups excluding tert-OH is 3. The highest BCUT2D eigenvalue weighted by Gasteiger charge is 2.46. The van der Waals surface area contributed by atoms with Crippen molar-refractivity contribution < 1.29 is 130 Å². The first-order valence-corrected chi connectivity index (χ1v) is 33.5. The van der Waals surface area contributed by atoms with E-state index in [-0.39, 0.29) is 98.3 Å². The van der Waals surface area contributed by atoms with Crippen molar-refractivity contribution in [2.45, 2.75) is 235 Å². The van der Waals surface area contributed by atoms with Gasteiger partial charge < -0.3 is 72.5 Å². The second kappa shape index (κ2) is 38.0. The third kappa shape index (κ3) is 26.3. The Morgan fingerprint density at radius 2 is 1.08 bits per heavy atom. The van der Waals surface area contributed by atoms with Crippen LogP contribution in [-0.4, -0.2) is 180 Å². The highest BCUT2D eigenvalue weighted by atomic mass is 16.7. The maximum atomic E-state index is 13.1. The largest absolute Gasteiger partial charge is 0.481 e. The number of carboxylic acids is 1. The Morgan fingerprint density at radius 1 is 0.608 bits per heavy atom. The van der Waals surface area contributed by atoms with E-state index in [1.807, 2.05) is 41.5 Å². The molecule has 4 N–H and O–H groups in total. The van der Waals surface area contributed by atoms with Gasteiger partial charge in [0.25, 0.3) is 0 Å². The predicted molar refractivity (Wildman–Crippen MR) is 341 cm³/mol. The average molecular weight is 1380 g/mol. The highest BCUT2D eigenvalue weighted by Crippen LogP contribution is 2.47. The summed E-state index contributed by atoms with van der Waals surface area (Å²) >= 11 is 0. The number of aliphatic hydroxyl groups is 3. The first-order chi connectivity index (χ1) is 45.3. The summed E-state index contributed by atoms with van der Waals surface area (Å²) in [6.45, 7) is 23.1. The van der Waals surface area contributed by atoms with E-state index in [4.69, 9.17) is 33.5 Å². The van der Waals surface area contributed by atoms with Crippen molar-refractivity contribution in [1.82, 2.24) is 0 Å². The maximum Gasteiger partial charge on any atom is 0.347 e. The number of rotatable bonds is 24. The molecule has 0 aromatic carbocycles. The summed E-state index contributed by atoms with van der Waals surface area (Å²) < 4.78 is 55.3. The van der Waals surface area contributed by atoms with Gasteiger partial charge in [-0.2, -0.15) is 0 Å². The van der Waals surface area contributed by atoms with Crippen molar-refractivity contribution in [3.8, 4) is 0 Å². The van der Waals surface area contributed by atoms with Crippen molar-refractivity contribution >= 4 is 71.6 Å². The van der Waals surface area contributed by atoms with Crippen molar-refractivity contribution in [1.29, 1.82) is 0 Å². The Morgan fingerprint density at radius 3 is 1.53 bits per heavy atom. The van der Waals surface area contributed by atoms with Gasteiger partial charge >= 0.3 is 71.6 Å². The van der Waals surface area contributed by atoms with Crippen LogP contribution in [0.15, 0.2) is 47.6 Å². The van der Waals surface area contributed by atoms with Crippen molar-refractivity contribution in [2.24, 2.45) is 58.2 Å². The summed E-state index contributed by atoms with van der Waals surface area (Å²) in [4.78, 5) is 139. The van der Waals surface area contributed by atoms with Crippen LogP contribution in [0.4, 0.5) is 0 Å². The molecule has 0 aromatic rings. The van der Waals surface area contributed by atoms with E-state index in [1.54, 1.807) is 0 Å². The fraction of sp³-hybridized carbons (Fsp3) is 0.714. The summed E-state index contributed by atoms with van der Waals surface area (Å²) in [6.07, 6.45) is 10.2. The fourth-order valence-corrected chi connectivity index (χ4v) is 11.9. The molecule has 3 saturated heterocycles. The van der Waals surface area contributed by atoms with Crippen LogP contribution in [0.25, 0.3) is 0 Å². The molecule has 0 spiro atoms. The van der Waals surface area contributed by atoms with E-state index < -0.39 is 127 Å². The third-order valence-corrected chi connectivity index (χ3v) is 18.3. The Labute approximate surface area is 567 Å². The van der Waals surface area contributed by atoms with E-state index in [9.17, 15) is 72.9 Å². The Kier molecular flexibility index (Phi) is 32.1. The lowest BCUT2D eigenvalue weighted by Gasteiger charge is -2.44. The minimum atomic E-state index is -1.46. The number of fused-ring (bicyclic) bond motifs is 2. The predicted octanol–water partition coefficient (Wildman–Crippen LogP) is 6.59. The van der Waals surface area contributed by atoms with E-state index in [2.05, 4.69) is 87.8 Å². The average Bonchev–Trinajstić information content (AvgIpc) is 0.783. The number of aliphatic carboxylic acids is 1. The molecule has 3 fully saturated rings. The number of allylic oxidation sites excluding steroid dienone is 6. The van der Waals surface area contributed by atoms with E-state index in [0.717, 1.165) is 38.2 Å². The van der Waals surface area contributed by atoms with Crippen molar-refractivity contribution in [3.05, 3.63) is 47.6 Å². The lowest BCUT2D eigenvalue weighted by Crippen LogP contribution is -2.43. The third-order valence-electron chi connectivity index (χ3n) is 18.3. The molecule has 18 unspecified atom stereocenters. The van der Waals surface area contributed by atoms with Gasteiger partial charge in [-0.1, -0.05) is 78.0 Å². The van der Waals surface area contributed by atoms with Crippen LogP contribution in [0.3, 0.4) is 0 Å². The van der Waals surface area contributed by atoms with Gasteiger partial charge in [-0.15, -0.1) is 0 Å². The normalized spacial score (nSPS) is 28.5. The van der Waals surface area contributed by atoms with Crippen LogP contribution in [0.1, 0.15) is 174 Å². The van der Waals surface area contributed by atoms with Gasteiger partial charge in [-0.3, -0.25) is 19.2 Å². The Balaban J connectivity index is 0.000000345. The van der Waals surface area contributed by atoms with Gasteiger partial charge in [-0.05, 0) is 153 Å². The molecule has 97 heavy (non-hydrogen) atoms. The van der Waals surface area contributed by atoms with Gasteiger partial charge in [0, 0.05) is 24.7 Å². The Bertz CT molecular complexity index is 2850. The molecule has 27 nitrogen and oxygen atoms in total. The maximum absolute atomic E-state index is 13.1. The Hall–Kier alpha value is -7.52. The summed E-state index contributed by atoms with van der Waals surface area (Å²) in [7, 11) is 0. The molecule has 544 valence electrons. The molecule has 27 heteroatoms. The van der Waals surface area contributed by atoms with Crippen LogP contribution in [0, 0.1) is 58.2 Å². The molecule has 0 bridgehead atoms. The highest BCUT2D eigenvalue weighted by molar-refractivity contribution is 5.87. The number of hydrogen-bond acceptors (Lipinski definition) is 26. The summed E-state index contributed by atoms with van der Waals surface area (Å²) in [5, 5.41) is 38.6. The van der Waals surface area contributed by atoms with Crippen LogP contribution < -0.4 is 0 Å². The number of cyclic esters (lactones) is 5. The molecule has 18 atom stereocenters. The molecule has 4 aliphatic carbocycles. The number of carbonyl (C=O) groups excluding carboxylic acids is 11. The number of ether oxygens (including phenoxy) is 11. The number of hydrogen-bond donors (Lipinski definition) is 4. The van der Waals surface area contributed by atoms with Gasteiger partial charge in [-0.25, -0.2) is 38.4 Å². The van der Waals surface area contributed by atoms with Crippen molar-refractivity contribution in [2.75, 3.05) is 26.4 Å². The fourth-order valence-electron chi connectivity index (χ4n) is 11.9. The van der Waals surface area contributed by atoms with Gasteiger partial charge in [0.2, 0.25) is 0 Å². The van der Waals surface area contributed by atoms with Gasteiger partial charge in [0.15, 0.2) is 44.7 Å². The zero-order chi connectivity index (χ0) is 72.8. The minimum absolute atomic E-state index is 0.0288. The lowest BCUT2D eigenvalue weighted by molar-refractivity contribution is -0.191. The molecule has 0 amide bonds. The summed E-state index contributed by atoms with van der Waals surface area (Å²) in [6, 6.07) is 0. The van der Waals surface area contributed by atoms with Crippen LogP contribution in [-0.2, 0) is 110 Å². The monoisotopic (exact) mass is 1370 g/mol. The topological polar surface area (TPSA) is 387 Å². The zero-order valence-corrected chi connectivity index (χ0v) is 58.3. The molecule has 3 aliphatic heterocycles. The van der Waals surface area contributed by atoms with E-state index in [0.29, 0.717) is 43.4 Å². The molecule has 0 aromatic heterocycles. The lowest BCUT2D eigenvalue weighted by atomic mass is 9.65. The zero-order valence-electron chi connectivity index (χ0n) is 58.3. The van der Waals surface area contributed by atoms with Crippen LogP contribution in [0.2, 0.25) is 0 Å². The number of carboxylic acid groups (broad SMARTS) is 1. The first-order valence-electron chi connectivity index (χ1n) is 33.5. The SMILES string of the molecule is CC1OC(=O)C(C)OC1=O.CCC(C)(C)C(=O)OC1CC(C)C=C2C=CC(C)C(CCC(CC(O)CC(=O)O)OC(=O)COC(=O)COC(=O)C(C)OC(=O)C(C)O)C21.CCC(C)(C)C(=O)OC1CC(C)C=C2C=CC(C)C(CCC3CC(O)CC(=O)O3)C21.O=C1COC(=O)CO1. The first kappa shape index (κ1) is 81.9.